The van der Waals surface area contributed by atoms with E-state index in [-0.39, 0.29) is 5.91 Å². The van der Waals surface area contributed by atoms with Crippen molar-refractivity contribution in [3.63, 3.8) is 0 Å². The van der Waals surface area contributed by atoms with Gasteiger partial charge >= 0.3 is 0 Å². The zero-order valence-corrected chi connectivity index (χ0v) is 12.6. The van der Waals surface area contributed by atoms with Gasteiger partial charge in [0.25, 0.3) is 5.91 Å². The minimum atomic E-state index is -0.221. The first-order chi connectivity index (χ1) is 10.6. The van der Waals surface area contributed by atoms with Crippen LogP contribution in [0.4, 0.5) is 11.6 Å². The van der Waals surface area contributed by atoms with Crippen molar-refractivity contribution < 1.29 is 4.79 Å². The van der Waals surface area contributed by atoms with Gasteiger partial charge in [-0.3, -0.25) is 4.79 Å². The molecule has 1 aromatic carbocycles. The Morgan fingerprint density at radius 1 is 1.32 bits per heavy atom. The van der Waals surface area contributed by atoms with Gasteiger partial charge in [-0.25, -0.2) is 9.97 Å². The number of aromatic nitrogens is 2. The minimum absolute atomic E-state index is 0.221. The average molecular weight is 295 g/mol. The predicted molar refractivity (Wildman–Crippen MR) is 83.8 cm³/mol. The number of hydrogen-bond donors (Lipinski definition) is 2. The Morgan fingerprint density at radius 2 is 2.14 bits per heavy atom. The van der Waals surface area contributed by atoms with Crippen molar-refractivity contribution in [2.75, 3.05) is 11.9 Å². The second kappa shape index (κ2) is 7.18. The van der Waals surface area contributed by atoms with Crippen LogP contribution in [0, 0.1) is 18.3 Å². The molecular weight excluding hydrogens is 278 g/mol. The van der Waals surface area contributed by atoms with Crippen LogP contribution in [0.3, 0.4) is 0 Å². The van der Waals surface area contributed by atoms with E-state index in [4.69, 9.17) is 5.26 Å². The fourth-order valence-corrected chi connectivity index (χ4v) is 1.87. The molecule has 0 spiro atoms. The molecule has 0 saturated carbocycles. The van der Waals surface area contributed by atoms with Crippen molar-refractivity contribution in [2.45, 2.75) is 20.3 Å². The molecule has 0 aliphatic rings. The Labute approximate surface area is 129 Å². The lowest BCUT2D eigenvalue weighted by Gasteiger charge is -2.08. The van der Waals surface area contributed by atoms with Crippen LogP contribution in [0.25, 0.3) is 0 Å². The van der Waals surface area contributed by atoms with E-state index < -0.39 is 0 Å². The number of rotatable bonds is 5. The number of nitrogens with zero attached hydrogens (tertiary/aromatic N) is 3. The third-order valence-corrected chi connectivity index (χ3v) is 2.87. The number of carbonyl (C=O) groups excluding carboxylic acids is 1. The first-order valence-electron chi connectivity index (χ1n) is 7.03. The second-order valence-corrected chi connectivity index (χ2v) is 4.79. The zero-order chi connectivity index (χ0) is 15.9. The summed E-state index contributed by atoms with van der Waals surface area (Å²) in [6.45, 7) is 4.39. The smallest absolute Gasteiger partial charge is 0.270 e. The zero-order valence-electron chi connectivity index (χ0n) is 12.6. The van der Waals surface area contributed by atoms with E-state index in [9.17, 15) is 4.79 Å². The van der Waals surface area contributed by atoms with Gasteiger partial charge in [0.1, 0.15) is 5.69 Å². The maximum atomic E-state index is 12.0. The van der Waals surface area contributed by atoms with Crippen molar-refractivity contribution in [3.05, 3.63) is 47.3 Å². The summed E-state index contributed by atoms with van der Waals surface area (Å²) in [7, 11) is 0. The summed E-state index contributed by atoms with van der Waals surface area (Å²) >= 11 is 0. The Morgan fingerprint density at radius 3 is 2.86 bits per heavy atom. The molecule has 1 amide bonds. The summed E-state index contributed by atoms with van der Waals surface area (Å²) in [4.78, 5) is 20.5. The van der Waals surface area contributed by atoms with Gasteiger partial charge in [0.15, 0.2) is 0 Å². The third-order valence-electron chi connectivity index (χ3n) is 2.87. The molecule has 1 aromatic heterocycles. The molecule has 2 N–H and O–H groups in total. The van der Waals surface area contributed by atoms with Crippen LogP contribution in [-0.2, 0) is 0 Å². The highest BCUT2D eigenvalue weighted by Gasteiger charge is 2.10. The first-order valence-corrected chi connectivity index (χ1v) is 7.03. The fraction of sp³-hybridized carbons (Fsp3) is 0.250. The number of hydrogen-bond acceptors (Lipinski definition) is 5. The monoisotopic (exact) mass is 295 g/mol. The molecule has 0 unspecified atom stereocenters. The molecule has 0 aliphatic heterocycles. The number of amides is 1. The molecule has 0 fully saturated rings. The summed E-state index contributed by atoms with van der Waals surface area (Å²) in [5, 5.41) is 14.7. The lowest BCUT2D eigenvalue weighted by molar-refractivity contribution is 0.0948. The number of anilines is 2. The lowest BCUT2D eigenvalue weighted by Crippen LogP contribution is -2.25. The molecule has 6 nitrogen and oxygen atoms in total. The van der Waals surface area contributed by atoms with E-state index in [0.29, 0.717) is 35.1 Å². The van der Waals surface area contributed by atoms with Crippen molar-refractivity contribution in [1.82, 2.24) is 15.3 Å². The molecule has 2 rings (SSSR count). The molecule has 6 heteroatoms. The van der Waals surface area contributed by atoms with Crippen LogP contribution in [-0.4, -0.2) is 22.4 Å². The summed E-state index contributed by atoms with van der Waals surface area (Å²) in [6.07, 6.45) is 0.863. The first kappa shape index (κ1) is 15.4. The molecule has 1 heterocycles. The largest absolute Gasteiger partial charge is 0.351 e. The quantitative estimate of drug-likeness (QED) is 0.884. The molecule has 0 saturated heterocycles. The SMILES string of the molecule is CCCNC(=O)c1cc(C)nc(Nc2cccc(C#N)c2)n1. The molecule has 0 bridgehead atoms. The standard InChI is InChI=1S/C16H17N5O/c1-3-7-18-15(22)14-8-11(2)19-16(21-14)20-13-6-4-5-12(9-13)10-17/h4-6,8-9H,3,7H2,1-2H3,(H,18,22)(H,19,20,21). The summed E-state index contributed by atoms with van der Waals surface area (Å²) in [6, 6.07) is 10.7. The Balaban J connectivity index is 2.22. The van der Waals surface area contributed by atoms with Gasteiger partial charge in [-0.1, -0.05) is 13.0 Å². The van der Waals surface area contributed by atoms with E-state index in [1.807, 2.05) is 13.0 Å². The summed E-state index contributed by atoms with van der Waals surface area (Å²) in [5.41, 5.74) is 2.25. The molecule has 0 aliphatic carbocycles. The number of nitriles is 1. The number of carbonyl (C=O) groups is 1. The van der Waals surface area contributed by atoms with Gasteiger partial charge in [0.2, 0.25) is 5.95 Å². The minimum Gasteiger partial charge on any atom is -0.351 e. The van der Waals surface area contributed by atoms with Crippen molar-refractivity contribution >= 4 is 17.5 Å². The van der Waals surface area contributed by atoms with Crippen LogP contribution in [0.1, 0.15) is 35.1 Å². The van der Waals surface area contributed by atoms with Gasteiger partial charge in [-0.2, -0.15) is 5.26 Å². The molecule has 112 valence electrons. The average Bonchev–Trinajstić information content (AvgIpc) is 2.52. The molecule has 0 atom stereocenters. The molecule has 0 radical (unpaired) electrons. The Hall–Kier alpha value is -2.94. The lowest BCUT2D eigenvalue weighted by atomic mass is 10.2. The van der Waals surface area contributed by atoms with Gasteiger partial charge < -0.3 is 10.6 Å². The maximum Gasteiger partial charge on any atom is 0.270 e. The van der Waals surface area contributed by atoms with Crippen molar-refractivity contribution in [1.29, 1.82) is 5.26 Å². The highest BCUT2D eigenvalue weighted by molar-refractivity contribution is 5.92. The van der Waals surface area contributed by atoms with Crippen LogP contribution >= 0.6 is 0 Å². The molecular formula is C16H17N5O. The third kappa shape index (κ3) is 4.03. The van der Waals surface area contributed by atoms with Crippen molar-refractivity contribution in [3.8, 4) is 6.07 Å². The summed E-state index contributed by atoms with van der Waals surface area (Å²) < 4.78 is 0. The van der Waals surface area contributed by atoms with Gasteiger partial charge in [0, 0.05) is 17.9 Å². The van der Waals surface area contributed by atoms with Gasteiger partial charge in [-0.05, 0) is 37.6 Å². The van der Waals surface area contributed by atoms with Gasteiger partial charge in [-0.15, -0.1) is 0 Å². The van der Waals surface area contributed by atoms with Crippen LogP contribution in [0.15, 0.2) is 30.3 Å². The molecule has 2 aromatic rings. The fourth-order valence-electron chi connectivity index (χ4n) is 1.87. The topological polar surface area (TPSA) is 90.7 Å². The Bertz CT molecular complexity index is 721. The normalized spacial score (nSPS) is 9.86. The second-order valence-electron chi connectivity index (χ2n) is 4.79. The number of nitrogens with one attached hydrogen (secondary N) is 2. The Kier molecular flexibility index (Phi) is 5.04. The van der Waals surface area contributed by atoms with Crippen molar-refractivity contribution in [2.24, 2.45) is 0 Å². The maximum absolute atomic E-state index is 12.0. The predicted octanol–water partition coefficient (Wildman–Crippen LogP) is 2.54. The van der Waals surface area contributed by atoms with Crippen LogP contribution in [0.2, 0.25) is 0 Å². The van der Waals surface area contributed by atoms with Crippen LogP contribution in [0.5, 0.6) is 0 Å². The number of benzene rings is 1. The van der Waals surface area contributed by atoms with E-state index in [1.54, 1.807) is 31.2 Å². The number of aryl methyl sites for hydroxylation is 1. The van der Waals surface area contributed by atoms with E-state index in [0.717, 1.165) is 6.42 Å². The molecule has 22 heavy (non-hydrogen) atoms. The van der Waals surface area contributed by atoms with E-state index in [2.05, 4.69) is 26.7 Å². The highest BCUT2D eigenvalue weighted by Crippen LogP contribution is 2.15. The van der Waals surface area contributed by atoms with E-state index in [1.165, 1.54) is 0 Å². The van der Waals surface area contributed by atoms with E-state index >= 15 is 0 Å². The highest BCUT2D eigenvalue weighted by atomic mass is 16.1. The van der Waals surface area contributed by atoms with Gasteiger partial charge in [0.05, 0.1) is 11.6 Å². The van der Waals surface area contributed by atoms with Crippen LogP contribution < -0.4 is 10.6 Å². The summed E-state index contributed by atoms with van der Waals surface area (Å²) in [5.74, 6) is 0.109.